The van der Waals surface area contributed by atoms with Crippen LogP contribution in [0.3, 0.4) is 0 Å². The molecule has 0 spiro atoms. The fraction of sp³-hybridized carbons (Fsp3) is 0.611. The Hall–Kier alpha value is -1.55. The number of piperazine rings is 1. The highest BCUT2D eigenvalue weighted by atomic mass is 16.2. The summed E-state index contributed by atoms with van der Waals surface area (Å²) in [5, 5.41) is 0. The fourth-order valence-electron chi connectivity index (χ4n) is 3.61. The SMILES string of the molecule is Cc1cccc(N2CCN(C(=O)C3CCCCN3C)CC2)c1. The largest absolute Gasteiger partial charge is 0.368 e. The molecular weight excluding hydrogens is 274 g/mol. The van der Waals surface area contributed by atoms with Gasteiger partial charge in [0.25, 0.3) is 0 Å². The summed E-state index contributed by atoms with van der Waals surface area (Å²) in [4.78, 5) is 19.4. The van der Waals surface area contributed by atoms with E-state index in [1.54, 1.807) is 0 Å². The number of amides is 1. The maximum Gasteiger partial charge on any atom is 0.240 e. The summed E-state index contributed by atoms with van der Waals surface area (Å²) >= 11 is 0. The minimum Gasteiger partial charge on any atom is -0.368 e. The van der Waals surface area contributed by atoms with E-state index in [0.29, 0.717) is 5.91 Å². The summed E-state index contributed by atoms with van der Waals surface area (Å²) in [5.74, 6) is 0.339. The van der Waals surface area contributed by atoms with Crippen molar-refractivity contribution in [3.8, 4) is 0 Å². The molecule has 0 aliphatic carbocycles. The second-order valence-electron chi connectivity index (χ2n) is 6.64. The van der Waals surface area contributed by atoms with E-state index in [4.69, 9.17) is 0 Å². The van der Waals surface area contributed by atoms with Crippen LogP contribution in [0.1, 0.15) is 24.8 Å². The van der Waals surface area contributed by atoms with Crippen LogP contribution in [0.4, 0.5) is 5.69 Å². The number of likely N-dealkylation sites (tertiary alicyclic amines) is 1. The number of aryl methyl sites for hydroxylation is 1. The first-order valence-electron chi connectivity index (χ1n) is 8.46. The van der Waals surface area contributed by atoms with E-state index in [2.05, 4.69) is 52.9 Å². The second kappa shape index (κ2) is 6.69. The van der Waals surface area contributed by atoms with E-state index < -0.39 is 0 Å². The van der Waals surface area contributed by atoms with Crippen molar-refractivity contribution >= 4 is 11.6 Å². The van der Waals surface area contributed by atoms with Crippen LogP contribution in [0.15, 0.2) is 24.3 Å². The second-order valence-corrected chi connectivity index (χ2v) is 6.64. The molecular formula is C18H27N3O. The Morgan fingerprint density at radius 2 is 1.86 bits per heavy atom. The molecule has 2 heterocycles. The molecule has 0 N–H and O–H groups in total. The minimum absolute atomic E-state index is 0.110. The number of anilines is 1. The average molecular weight is 301 g/mol. The molecule has 0 radical (unpaired) electrons. The summed E-state index contributed by atoms with van der Waals surface area (Å²) < 4.78 is 0. The third-order valence-electron chi connectivity index (χ3n) is 5.01. The van der Waals surface area contributed by atoms with Crippen molar-refractivity contribution in [1.29, 1.82) is 0 Å². The highest BCUT2D eigenvalue weighted by Gasteiger charge is 2.31. The first-order chi connectivity index (χ1) is 10.6. The zero-order valence-corrected chi connectivity index (χ0v) is 13.8. The maximum atomic E-state index is 12.7. The normalized spacial score (nSPS) is 23.6. The molecule has 2 aliphatic rings. The van der Waals surface area contributed by atoms with Crippen molar-refractivity contribution in [3.05, 3.63) is 29.8 Å². The Labute approximate surface area is 133 Å². The van der Waals surface area contributed by atoms with E-state index in [9.17, 15) is 4.79 Å². The molecule has 1 amide bonds. The van der Waals surface area contributed by atoms with Crippen LogP contribution < -0.4 is 4.90 Å². The van der Waals surface area contributed by atoms with Crippen molar-refractivity contribution in [1.82, 2.24) is 9.80 Å². The molecule has 2 fully saturated rings. The Morgan fingerprint density at radius 3 is 2.55 bits per heavy atom. The van der Waals surface area contributed by atoms with Crippen LogP contribution in [0.5, 0.6) is 0 Å². The Bertz CT molecular complexity index is 523. The van der Waals surface area contributed by atoms with Crippen LogP contribution >= 0.6 is 0 Å². The molecule has 22 heavy (non-hydrogen) atoms. The molecule has 0 aromatic heterocycles. The number of benzene rings is 1. The first kappa shape index (κ1) is 15.3. The summed E-state index contributed by atoms with van der Waals surface area (Å²) in [5.41, 5.74) is 2.57. The average Bonchev–Trinajstić information content (AvgIpc) is 2.55. The number of piperidine rings is 1. The quantitative estimate of drug-likeness (QED) is 0.837. The van der Waals surface area contributed by atoms with Crippen molar-refractivity contribution < 1.29 is 4.79 Å². The molecule has 1 unspecified atom stereocenters. The molecule has 0 saturated carbocycles. The van der Waals surface area contributed by atoms with Gasteiger partial charge in [-0.2, -0.15) is 0 Å². The Balaban J connectivity index is 1.58. The van der Waals surface area contributed by atoms with Gasteiger partial charge in [-0.25, -0.2) is 0 Å². The zero-order valence-electron chi connectivity index (χ0n) is 13.8. The van der Waals surface area contributed by atoms with Gasteiger partial charge in [0.15, 0.2) is 0 Å². The topological polar surface area (TPSA) is 26.8 Å². The third-order valence-corrected chi connectivity index (χ3v) is 5.01. The molecule has 4 heteroatoms. The van der Waals surface area contributed by atoms with E-state index >= 15 is 0 Å². The van der Waals surface area contributed by atoms with Crippen LogP contribution in [0.25, 0.3) is 0 Å². The van der Waals surface area contributed by atoms with Gasteiger partial charge >= 0.3 is 0 Å². The lowest BCUT2D eigenvalue weighted by molar-refractivity contribution is -0.137. The molecule has 2 aliphatic heterocycles. The van der Waals surface area contributed by atoms with Crippen LogP contribution in [-0.2, 0) is 4.79 Å². The molecule has 1 aromatic rings. The lowest BCUT2D eigenvalue weighted by Crippen LogP contribution is -2.55. The number of rotatable bonds is 2. The van der Waals surface area contributed by atoms with Gasteiger partial charge in [-0.3, -0.25) is 9.69 Å². The third kappa shape index (κ3) is 3.27. The molecule has 0 bridgehead atoms. The number of nitrogens with zero attached hydrogens (tertiary/aromatic N) is 3. The van der Waals surface area contributed by atoms with E-state index in [-0.39, 0.29) is 6.04 Å². The molecule has 120 valence electrons. The summed E-state index contributed by atoms with van der Waals surface area (Å²) in [6.45, 7) is 6.74. The van der Waals surface area contributed by atoms with E-state index in [1.165, 1.54) is 24.1 Å². The molecule has 1 atom stereocenters. The van der Waals surface area contributed by atoms with Gasteiger partial charge in [0.2, 0.25) is 5.91 Å². The van der Waals surface area contributed by atoms with Crippen LogP contribution in [0.2, 0.25) is 0 Å². The number of hydrogen-bond donors (Lipinski definition) is 0. The monoisotopic (exact) mass is 301 g/mol. The number of carbonyl (C=O) groups is 1. The summed E-state index contributed by atoms with van der Waals surface area (Å²) in [6.07, 6.45) is 3.43. The van der Waals surface area contributed by atoms with Crippen molar-refractivity contribution in [2.24, 2.45) is 0 Å². The van der Waals surface area contributed by atoms with Gasteiger partial charge in [-0.15, -0.1) is 0 Å². The molecule has 2 saturated heterocycles. The number of likely N-dealkylation sites (N-methyl/N-ethyl adjacent to an activating group) is 1. The van der Waals surface area contributed by atoms with Crippen LogP contribution in [-0.4, -0.2) is 61.5 Å². The molecule has 4 nitrogen and oxygen atoms in total. The van der Waals surface area contributed by atoms with Gasteiger partial charge < -0.3 is 9.80 Å². The number of hydrogen-bond acceptors (Lipinski definition) is 3. The summed E-state index contributed by atoms with van der Waals surface area (Å²) in [7, 11) is 2.09. The van der Waals surface area contributed by atoms with Crippen molar-refractivity contribution in [3.63, 3.8) is 0 Å². The minimum atomic E-state index is 0.110. The number of carbonyl (C=O) groups excluding carboxylic acids is 1. The predicted molar refractivity (Wildman–Crippen MR) is 90.2 cm³/mol. The van der Waals surface area contributed by atoms with Crippen molar-refractivity contribution in [2.75, 3.05) is 44.7 Å². The van der Waals surface area contributed by atoms with Gasteiger partial charge in [0.05, 0.1) is 6.04 Å². The maximum absolute atomic E-state index is 12.7. The van der Waals surface area contributed by atoms with E-state index in [1.807, 2.05) is 0 Å². The summed E-state index contributed by atoms with van der Waals surface area (Å²) in [6, 6.07) is 8.74. The Morgan fingerprint density at radius 1 is 1.09 bits per heavy atom. The fourth-order valence-corrected chi connectivity index (χ4v) is 3.61. The lowest BCUT2D eigenvalue weighted by Gasteiger charge is -2.40. The zero-order chi connectivity index (χ0) is 15.5. The standard InChI is InChI=1S/C18H27N3O/c1-15-6-5-7-16(14-15)20-10-12-21(13-11-20)18(22)17-8-3-4-9-19(17)2/h5-7,14,17H,3-4,8-13H2,1-2H3. The van der Waals surface area contributed by atoms with Crippen molar-refractivity contribution in [2.45, 2.75) is 32.2 Å². The highest BCUT2D eigenvalue weighted by Crippen LogP contribution is 2.21. The van der Waals surface area contributed by atoms with Gasteiger partial charge in [-0.1, -0.05) is 18.6 Å². The molecule has 3 rings (SSSR count). The van der Waals surface area contributed by atoms with Crippen LogP contribution in [0, 0.1) is 6.92 Å². The van der Waals surface area contributed by atoms with Gasteiger partial charge in [-0.05, 0) is 51.1 Å². The van der Waals surface area contributed by atoms with Gasteiger partial charge in [0.1, 0.15) is 0 Å². The highest BCUT2D eigenvalue weighted by molar-refractivity contribution is 5.82. The molecule has 1 aromatic carbocycles. The van der Waals surface area contributed by atoms with E-state index in [0.717, 1.165) is 39.1 Å². The smallest absolute Gasteiger partial charge is 0.240 e. The van der Waals surface area contributed by atoms with Gasteiger partial charge in [0, 0.05) is 31.9 Å². The lowest BCUT2D eigenvalue weighted by atomic mass is 10.0. The first-order valence-corrected chi connectivity index (χ1v) is 8.46. The Kier molecular flexibility index (Phi) is 4.67. The predicted octanol–water partition coefficient (Wildman–Crippen LogP) is 2.13.